The fraction of sp³-hybridized carbons (Fsp3) is 0.588. The quantitative estimate of drug-likeness (QED) is 0.842. The largest absolute Gasteiger partial charge is 0.340 e. The van der Waals surface area contributed by atoms with Crippen LogP contribution in [0.1, 0.15) is 44.5 Å². The molecule has 0 radical (unpaired) electrons. The molecule has 2 aromatic rings. The Morgan fingerprint density at radius 3 is 2.69 bits per heavy atom. The molecule has 1 atom stereocenters. The first-order valence-electron chi connectivity index (χ1n) is 9.05. The number of hydrogen-bond acceptors (Lipinski definition) is 5. The molecule has 9 heteroatoms. The molecular formula is C17H23N5O3S. The summed E-state index contributed by atoms with van der Waals surface area (Å²) in [6.45, 7) is 2.30. The SMILES string of the molecule is CC(NS(=O)(=O)C1CN(C(=O)C2CCCC2)C1)c1nnc2ccccn12. The molecule has 1 saturated heterocycles. The number of likely N-dealkylation sites (tertiary alicyclic amines) is 1. The molecule has 8 nitrogen and oxygen atoms in total. The van der Waals surface area contributed by atoms with E-state index in [0.29, 0.717) is 11.5 Å². The second kappa shape index (κ2) is 6.62. The second-order valence-corrected chi connectivity index (χ2v) is 9.21. The van der Waals surface area contributed by atoms with Crippen molar-refractivity contribution in [3.05, 3.63) is 30.2 Å². The van der Waals surface area contributed by atoms with Gasteiger partial charge >= 0.3 is 0 Å². The van der Waals surface area contributed by atoms with Gasteiger partial charge in [-0.2, -0.15) is 0 Å². The predicted octanol–water partition coefficient (Wildman–Crippen LogP) is 1.11. The van der Waals surface area contributed by atoms with Crippen molar-refractivity contribution < 1.29 is 13.2 Å². The van der Waals surface area contributed by atoms with Crippen molar-refractivity contribution in [3.63, 3.8) is 0 Å². The molecular weight excluding hydrogens is 354 g/mol. The minimum absolute atomic E-state index is 0.0906. The Morgan fingerprint density at radius 1 is 1.23 bits per heavy atom. The van der Waals surface area contributed by atoms with Gasteiger partial charge in [-0.1, -0.05) is 18.9 Å². The number of nitrogens with one attached hydrogen (secondary N) is 1. The third-order valence-electron chi connectivity index (χ3n) is 5.37. The van der Waals surface area contributed by atoms with Crippen LogP contribution in [-0.4, -0.2) is 52.2 Å². The van der Waals surface area contributed by atoms with Crippen molar-refractivity contribution in [1.29, 1.82) is 0 Å². The zero-order chi connectivity index (χ0) is 18.3. The molecule has 1 amide bonds. The number of pyridine rings is 1. The normalized spacial score (nSPS) is 20.4. The molecule has 1 saturated carbocycles. The lowest BCUT2D eigenvalue weighted by atomic mass is 10.0. The number of carbonyl (C=O) groups excluding carboxylic acids is 1. The van der Waals surface area contributed by atoms with Gasteiger partial charge in [-0.25, -0.2) is 13.1 Å². The lowest BCUT2D eigenvalue weighted by Crippen LogP contribution is -2.60. The molecule has 0 aromatic carbocycles. The molecule has 2 fully saturated rings. The van der Waals surface area contributed by atoms with Crippen LogP contribution in [0.4, 0.5) is 0 Å². The molecule has 0 bridgehead atoms. The first-order valence-corrected chi connectivity index (χ1v) is 10.6. The van der Waals surface area contributed by atoms with Crippen molar-refractivity contribution in [2.45, 2.75) is 43.9 Å². The van der Waals surface area contributed by atoms with Gasteiger partial charge in [0, 0.05) is 25.2 Å². The molecule has 3 heterocycles. The number of nitrogens with zero attached hydrogens (tertiary/aromatic N) is 4. The summed E-state index contributed by atoms with van der Waals surface area (Å²) >= 11 is 0. The third-order valence-corrected chi connectivity index (χ3v) is 7.23. The number of rotatable bonds is 5. The highest BCUT2D eigenvalue weighted by Crippen LogP contribution is 2.29. The number of aromatic nitrogens is 3. The van der Waals surface area contributed by atoms with E-state index in [9.17, 15) is 13.2 Å². The van der Waals surface area contributed by atoms with E-state index >= 15 is 0 Å². The van der Waals surface area contributed by atoms with Crippen LogP contribution in [0.2, 0.25) is 0 Å². The van der Waals surface area contributed by atoms with Gasteiger partial charge in [-0.3, -0.25) is 9.20 Å². The maximum absolute atomic E-state index is 12.6. The molecule has 1 aliphatic carbocycles. The maximum atomic E-state index is 12.6. The van der Waals surface area contributed by atoms with Crippen LogP contribution in [0.15, 0.2) is 24.4 Å². The smallest absolute Gasteiger partial charge is 0.225 e. The Kier molecular flexibility index (Phi) is 4.44. The van der Waals surface area contributed by atoms with E-state index in [0.717, 1.165) is 25.7 Å². The first-order chi connectivity index (χ1) is 12.5. The Morgan fingerprint density at radius 2 is 1.96 bits per heavy atom. The summed E-state index contributed by atoms with van der Waals surface area (Å²) in [6, 6.07) is 5.01. The van der Waals surface area contributed by atoms with Crippen molar-refractivity contribution >= 4 is 21.6 Å². The fourth-order valence-electron chi connectivity index (χ4n) is 3.80. The summed E-state index contributed by atoms with van der Waals surface area (Å²) in [5.74, 6) is 0.751. The van der Waals surface area contributed by atoms with Gasteiger partial charge in [-0.15, -0.1) is 10.2 Å². The minimum Gasteiger partial charge on any atom is -0.340 e. The third kappa shape index (κ3) is 3.09. The molecule has 1 aliphatic heterocycles. The van der Waals surface area contributed by atoms with Crippen LogP contribution in [0, 0.1) is 5.92 Å². The monoisotopic (exact) mass is 377 g/mol. The Balaban J connectivity index is 1.39. The molecule has 1 unspecified atom stereocenters. The average Bonchev–Trinajstić information content (AvgIpc) is 3.22. The van der Waals surface area contributed by atoms with E-state index in [4.69, 9.17) is 0 Å². The van der Waals surface area contributed by atoms with Crippen LogP contribution >= 0.6 is 0 Å². The molecule has 140 valence electrons. The van der Waals surface area contributed by atoms with E-state index in [2.05, 4.69) is 14.9 Å². The molecule has 2 aliphatic rings. The van der Waals surface area contributed by atoms with Gasteiger partial charge in [0.2, 0.25) is 15.9 Å². The number of carbonyl (C=O) groups is 1. The summed E-state index contributed by atoms with van der Waals surface area (Å²) in [5.41, 5.74) is 0.672. The van der Waals surface area contributed by atoms with Gasteiger partial charge in [0.25, 0.3) is 0 Å². The number of amides is 1. The van der Waals surface area contributed by atoms with Crippen LogP contribution < -0.4 is 4.72 Å². The van der Waals surface area contributed by atoms with E-state index in [1.165, 1.54) is 0 Å². The van der Waals surface area contributed by atoms with Crippen molar-refractivity contribution in [1.82, 2.24) is 24.2 Å². The summed E-state index contributed by atoms with van der Waals surface area (Å²) in [6.07, 6.45) is 5.86. The highest BCUT2D eigenvalue weighted by atomic mass is 32.2. The van der Waals surface area contributed by atoms with Gasteiger partial charge < -0.3 is 4.90 Å². The zero-order valence-corrected chi connectivity index (χ0v) is 15.5. The van der Waals surface area contributed by atoms with Crippen LogP contribution in [-0.2, 0) is 14.8 Å². The van der Waals surface area contributed by atoms with Crippen molar-refractivity contribution in [3.8, 4) is 0 Å². The number of fused-ring (bicyclic) bond motifs is 1. The minimum atomic E-state index is -3.53. The van der Waals surface area contributed by atoms with E-state index in [1.807, 2.05) is 18.2 Å². The molecule has 0 spiro atoms. The predicted molar refractivity (Wildman–Crippen MR) is 95.8 cm³/mol. The molecule has 1 N–H and O–H groups in total. The van der Waals surface area contributed by atoms with Crippen molar-refractivity contribution in [2.24, 2.45) is 5.92 Å². The summed E-state index contributed by atoms with van der Waals surface area (Å²) in [4.78, 5) is 14.0. The van der Waals surface area contributed by atoms with Crippen LogP contribution in [0.5, 0.6) is 0 Å². The Bertz CT molecular complexity index is 913. The van der Waals surface area contributed by atoms with Gasteiger partial charge in [0.15, 0.2) is 11.5 Å². The Hall–Kier alpha value is -2.00. The lowest BCUT2D eigenvalue weighted by Gasteiger charge is -2.40. The highest BCUT2D eigenvalue weighted by molar-refractivity contribution is 7.90. The van der Waals surface area contributed by atoms with E-state index < -0.39 is 21.3 Å². The summed E-state index contributed by atoms with van der Waals surface area (Å²) in [7, 11) is -3.53. The number of hydrogen-bond donors (Lipinski definition) is 1. The van der Waals surface area contributed by atoms with Gasteiger partial charge in [0.1, 0.15) is 5.25 Å². The fourth-order valence-corrected chi connectivity index (χ4v) is 5.34. The average molecular weight is 377 g/mol. The summed E-state index contributed by atoms with van der Waals surface area (Å²) in [5, 5.41) is 7.59. The second-order valence-electron chi connectivity index (χ2n) is 7.22. The van der Waals surface area contributed by atoms with Gasteiger partial charge in [0.05, 0.1) is 6.04 Å². The zero-order valence-electron chi connectivity index (χ0n) is 14.7. The van der Waals surface area contributed by atoms with Gasteiger partial charge in [-0.05, 0) is 31.9 Å². The summed E-state index contributed by atoms with van der Waals surface area (Å²) < 4.78 is 29.7. The van der Waals surface area contributed by atoms with E-state index in [1.54, 1.807) is 22.4 Å². The van der Waals surface area contributed by atoms with Crippen molar-refractivity contribution in [2.75, 3.05) is 13.1 Å². The lowest BCUT2D eigenvalue weighted by molar-refractivity contribution is -0.138. The maximum Gasteiger partial charge on any atom is 0.225 e. The Labute approximate surface area is 152 Å². The highest BCUT2D eigenvalue weighted by Gasteiger charge is 2.42. The molecule has 2 aromatic heterocycles. The standard InChI is InChI=1S/C17H23N5O3S/c1-12(16-19-18-15-8-4-5-9-22(15)16)20-26(24,25)14-10-21(11-14)17(23)13-6-2-3-7-13/h4-5,8-9,12-14,20H,2-3,6-7,10-11H2,1H3. The van der Waals surface area contributed by atoms with Crippen LogP contribution in [0.25, 0.3) is 5.65 Å². The topological polar surface area (TPSA) is 96.7 Å². The first kappa shape index (κ1) is 17.4. The number of sulfonamides is 1. The van der Waals surface area contributed by atoms with Crippen LogP contribution in [0.3, 0.4) is 0 Å². The molecule has 4 rings (SSSR count). The molecule has 26 heavy (non-hydrogen) atoms. The van der Waals surface area contributed by atoms with E-state index in [-0.39, 0.29) is 24.9 Å².